The third-order valence-electron chi connectivity index (χ3n) is 2.39. The minimum Gasteiger partial charge on any atom is -0.356 e. The van der Waals surface area contributed by atoms with Crippen LogP contribution in [0.25, 0.3) is 0 Å². The van der Waals surface area contributed by atoms with Crippen molar-refractivity contribution < 1.29 is 4.79 Å². The SMILES string of the molecule is CCNC(=O)CCNCc1ccc(SC)cc1. The van der Waals surface area contributed by atoms with E-state index in [0.717, 1.165) is 13.1 Å². The van der Waals surface area contributed by atoms with Gasteiger partial charge in [0.1, 0.15) is 0 Å². The number of thioether (sulfide) groups is 1. The first-order valence-electron chi connectivity index (χ1n) is 5.86. The van der Waals surface area contributed by atoms with Crippen LogP contribution in [0, 0.1) is 0 Å². The van der Waals surface area contributed by atoms with Gasteiger partial charge in [0.25, 0.3) is 0 Å². The maximum Gasteiger partial charge on any atom is 0.221 e. The molecule has 0 aliphatic carbocycles. The van der Waals surface area contributed by atoms with Crippen molar-refractivity contribution in [2.75, 3.05) is 19.3 Å². The van der Waals surface area contributed by atoms with Crippen LogP contribution in [0.1, 0.15) is 18.9 Å². The predicted molar refractivity (Wildman–Crippen MR) is 73.2 cm³/mol. The fourth-order valence-electron chi connectivity index (χ4n) is 1.46. The molecule has 1 amide bonds. The number of nitrogens with one attached hydrogen (secondary N) is 2. The number of hydrogen-bond donors (Lipinski definition) is 2. The first kappa shape index (κ1) is 14.1. The third-order valence-corrected chi connectivity index (χ3v) is 3.13. The Hall–Kier alpha value is -1.00. The number of amides is 1. The number of carbonyl (C=O) groups is 1. The van der Waals surface area contributed by atoms with Gasteiger partial charge in [0.15, 0.2) is 0 Å². The maximum atomic E-state index is 11.2. The van der Waals surface area contributed by atoms with Crippen LogP contribution < -0.4 is 10.6 Å². The Bertz CT molecular complexity index is 338. The van der Waals surface area contributed by atoms with Crippen LogP contribution in [0.5, 0.6) is 0 Å². The van der Waals surface area contributed by atoms with E-state index in [1.54, 1.807) is 11.8 Å². The van der Waals surface area contributed by atoms with Crippen LogP contribution in [-0.2, 0) is 11.3 Å². The summed E-state index contributed by atoms with van der Waals surface area (Å²) in [6, 6.07) is 8.47. The van der Waals surface area contributed by atoms with Crippen LogP contribution in [0.3, 0.4) is 0 Å². The molecule has 17 heavy (non-hydrogen) atoms. The molecule has 0 unspecified atom stereocenters. The van der Waals surface area contributed by atoms with Crippen molar-refractivity contribution >= 4 is 17.7 Å². The van der Waals surface area contributed by atoms with E-state index in [0.29, 0.717) is 13.0 Å². The molecule has 4 heteroatoms. The van der Waals surface area contributed by atoms with E-state index in [4.69, 9.17) is 0 Å². The summed E-state index contributed by atoms with van der Waals surface area (Å²) in [6.07, 6.45) is 2.61. The lowest BCUT2D eigenvalue weighted by molar-refractivity contribution is -0.120. The highest BCUT2D eigenvalue weighted by Gasteiger charge is 1.98. The number of hydrogen-bond acceptors (Lipinski definition) is 3. The molecule has 3 nitrogen and oxygen atoms in total. The topological polar surface area (TPSA) is 41.1 Å². The predicted octanol–water partition coefficient (Wildman–Crippen LogP) is 2.02. The summed E-state index contributed by atoms with van der Waals surface area (Å²) in [5.74, 6) is 0.109. The summed E-state index contributed by atoms with van der Waals surface area (Å²) < 4.78 is 0. The van der Waals surface area contributed by atoms with Gasteiger partial charge in [-0.3, -0.25) is 4.79 Å². The molecule has 94 valence electrons. The smallest absolute Gasteiger partial charge is 0.221 e. The molecule has 2 N–H and O–H groups in total. The van der Waals surface area contributed by atoms with E-state index in [-0.39, 0.29) is 5.91 Å². The molecular formula is C13H20N2OS. The molecule has 0 heterocycles. The Morgan fingerprint density at radius 3 is 2.59 bits per heavy atom. The lowest BCUT2D eigenvalue weighted by atomic mass is 10.2. The molecule has 0 fully saturated rings. The minimum absolute atomic E-state index is 0.109. The van der Waals surface area contributed by atoms with Gasteiger partial charge in [-0.2, -0.15) is 0 Å². The lowest BCUT2D eigenvalue weighted by Gasteiger charge is -2.05. The van der Waals surface area contributed by atoms with E-state index in [1.165, 1.54) is 10.5 Å². The van der Waals surface area contributed by atoms with Gasteiger partial charge in [-0.15, -0.1) is 11.8 Å². The number of benzene rings is 1. The fourth-order valence-corrected chi connectivity index (χ4v) is 1.87. The van der Waals surface area contributed by atoms with Gasteiger partial charge in [0, 0.05) is 31.0 Å². The molecule has 0 bridgehead atoms. The number of carbonyl (C=O) groups excluding carboxylic acids is 1. The van der Waals surface area contributed by atoms with Gasteiger partial charge in [-0.25, -0.2) is 0 Å². The molecule has 0 atom stereocenters. The molecule has 0 saturated carbocycles. The van der Waals surface area contributed by atoms with Crippen LogP contribution in [0.4, 0.5) is 0 Å². The molecule has 1 rings (SSSR count). The zero-order valence-electron chi connectivity index (χ0n) is 10.5. The standard InChI is InChI=1S/C13H20N2OS/c1-3-15-13(16)8-9-14-10-11-4-6-12(17-2)7-5-11/h4-7,14H,3,8-10H2,1-2H3,(H,15,16). The molecule has 0 aliphatic heterocycles. The van der Waals surface area contributed by atoms with Crippen molar-refractivity contribution in [1.82, 2.24) is 10.6 Å². The monoisotopic (exact) mass is 252 g/mol. The average Bonchev–Trinajstić information content (AvgIpc) is 2.36. The highest BCUT2D eigenvalue weighted by atomic mass is 32.2. The maximum absolute atomic E-state index is 11.2. The van der Waals surface area contributed by atoms with Gasteiger partial charge >= 0.3 is 0 Å². The molecular weight excluding hydrogens is 232 g/mol. The number of rotatable bonds is 7. The molecule has 0 saturated heterocycles. The van der Waals surface area contributed by atoms with E-state index >= 15 is 0 Å². The van der Waals surface area contributed by atoms with Crippen molar-refractivity contribution in [2.45, 2.75) is 24.8 Å². The Labute approximate surface area is 107 Å². The van der Waals surface area contributed by atoms with E-state index in [1.807, 2.05) is 6.92 Å². The molecule has 0 aliphatic rings. The second kappa shape index (κ2) is 8.14. The summed E-state index contributed by atoms with van der Waals surface area (Å²) in [6.45, 7) is 4.16. The fraction of sp³-hybridized carbons (Fsp3) is 0.462. The van der Waals surface area contributed by atoms with Crippen molar-refractivity contribution in [3.63, 3.8) is 0 Å². The summed E-state index contributed by atoms with van der Waals surface area (Å²) in [4.78, 5) is 12.5. The normalized spacial score (nSPS) is 10.2. The first-order valence-corrected chi connectivity index (χ1v) is 7.09. The lowest BCUT2D eigenvalue weighted by Crippen LogP contribution is -2.27. The highest BCUT2D eigenvalue weighted by molar-refractivity contribution is 7.98. The van der Waals surface area contributed by atoms with E-state index < -0.39 is 0 Å². The molecule has 0 spiro atoms. The minimum atomic E-state index is 0.109. The Morgan fingerprint density at radius 1 is 1.29 bits per heavy atom. The van der Waals surface area contributed by atoms with E-state index in [2.05, 4.69) is 41.2 Å². The second-order valence-electron chi connectivity index (χ2n) is 3.73. The molecule has 0 radical (unpaired) electrons. The summed E-state index contributed by atoms with van der Waals surface area (Å²) >= 11 is 1.74. The third kappa shape index (κ3) is 5.75. The Balaban J connectivity index is 2.19. The summed E-state index contributed by atoms with van der Waals surface area (Å²) in [7, 11) is 0. The van der Waals surface area contributed by atoms with Gasteiger partial charge in [-0.05, 0) is 30.9 Å². The first-order chi connectivity index (χ1) is 8.26. The summed E-state index contributed by atoms with van der Waals surface area (Å²) in [5, 5.41) is 6.04. The zero-order chi connectivity index (χ0) is 12.5. The van der Waals surface area contributed by atoms with E-state index in [9.17, 15) is 4.79 Å². The van der Waals surface area contributed by atoms with Gasteiger partial charge in [0.2, 0.25) is 5.91 Å². The summed E-state index contributed by atoms with van der Waals surface area (Å²) in [5.41, 5.74) is 1.25. The van der Waals surface area contributed by atoms with Crippen molar-refractivity contribution in [2.24, 2.45) is 0 Å². The van der Waals surface area contributed by atoms with Gasteiger partial charge in [0.05, 0.1) is 0 Å². The van der Waals surface area contributed by atoms with Crippen LogP contribution >= 0.6 is 11.8 Å². The Morgan fingerprint density at radius 2 is 2.00 bits per heavy atom. The Kier molecular flexibility index (Phi) is 6.74. The quantitative estimate of drug-likeness (QED) is 0.576. The average molecular weight is 252 g/mol. The molecule has 1 aromatic carbocycles. The second-order valence-corrected chi connectivity index (χ2v) is 4.61. The van der Waals surface area contributed by atoms with Crippen LogP contribution in [0.15, 0.2) is 29.2 Å². The van der Waals surface area contributed by atoms with Crippen LogP contribution in [0.2, 0.25) is 0 Å². The highest BCUT2D eigenvalue weighted by Crippen LogP contribution is 2.14. The van der Waals surface area contributed by atoms with Gasteiger partial charge in [-0.1, -0.05) is 12.1 Å². The molecule has 0 aromatic heterocycles. The van der Waals surface area contributed by atoms with Crippen molar-refractivity contribution in [3.05, 3.63) is 29.8 Å². The largest absolute Gasteiger partial charge is 0.356 e. The zero-order valence-corrected chi connectivity index (χ0v) is 11.3. The molecule has 1 aromatic rings. The van der Waals surface area contributed by atoms with Gasteiger partial charge < -0.3 is 10.6 Å². The van der Waals surface area contributed by atoms with Crippen molar-refractivity contribution in [3.8, 4) is 0 Å². The van der Waals surface area contributed by atoms with Crippen molar-refractivity contribution in [1.29, 1.82) is 0 Å². The van der Waals surface area contributed by atoms with Crippen LogP contribution in [-0.4, -0.2) is 25.3 Å².